The van der Waals surface area contributed by atoms with Gasteiger partial charge in [0.15, 0.2) is 0 Å². The van der Waals surface area contributed by atoms with Crippen molar-refractivity contribution in [2.75, 3.05) is 0 Å². The average molecular weight is 586 g/mol. The van der Waals surface area contributed by atoms with Gasteiger partial charge in [-0.15, -0.1) is 0 Å². The van der Waals surface area contributed by atoms with E-state index in [0.29, 0.717) is 0 Å². The van der Waals surface area contributed by atoms with Crippen LogP contribution in [0.3, 0.4) is 0 Å². The van der Waals surface area contributed by atoms with Crippen molar-refractivity contribution in [2.45, 2.75) is 0 Å². The Balaban J connectivity index is -0.0000000238. The number of hydrogen-bond acceptors (Lipinski definition) is 5. The van der Waals surface area contributed by atoms with E-state index < -0.39 is 39.1 Å². The van der Waals surface area contributed by atoms with Gasteiger partial charge in [-0.25, -0.2) is 22.8 Å². The van der Waals surface area contributed by atoms with Crippen molar-refractivity contribution in [3.8, 4) is 0 Å². The fourth-order valence-corrected chi connectivity index (χ4v) is 0. The summed E-state index contributed by atoms with van der Waals surface area (Å²) in [4.78, 5) is 108. The predicted molar refractivity (Wildman–Crippen MR) is 99.9 cm³/mol. The molecule has 0 aromatic rings. The van der Waals surface area contributed by atoms with Gasteiger partial charge < -0.3 is 73.4 Å². The Morgan fingerprint density at radius 3 is 0.241 bits per heavy atom. The summed E-state index contributed by atoms with van der Waals surface area (Å²) in [5.41, 5.74) is 0. The van der Waals surface area contributed by atoms with Crippen LogP contribution in [0.15, 0.2) is 0 Å². The van der Waals surface area contributed by atoms with Crippen LogP contribution < -0.4 is 0 Å². The molecule has 168 valence electrons. The SMILES string of the molecule is O=P(O)(O)O.O=P(O)(O)O.O=P(O)(O)O.O=P(O)(O)O.O=P(O)(O)O.[NaH].[NaH].[NaH].[NaH]. The Hall–Kier alpha value is 4.55. The molecule has 0 aromatic heterocycles. The van der Waals surface area contributed by atoms with Crippen LogP contribution in [0.4, 0.5) is 0 Å². The molecule has 0 saturated heterocycles. The van der Waals surface area contributed by atoms with Gasteiger partial charge in [-0.2, -0.15) is 0 Å². The van der Waals surface area contributed by atoms with Crippen molar-refractivity contribution in [3.05, 3.63) is 0 Å². The zero-order valence-corrected chi connectivity index (χ0v) is 15.5. The molecule has 0 spiro atoms. The first-order valence-electron chi connectivity index (χ1n) is 3.91. The summed E-state index contributed by atoms with van der Waals surface area (Å²) in [6.07, 6.45) is 0. The van der Waals surface area contributed by atoms with Crippen molar-refractivity contribution < 1.29 is 96.2 Å². The van der Waals surface area contributed by atoms with Crippen LogP contribution in [-0.2, 0) is 22.8 Å². The van der Waals surface area contributed by atoms with Crippen LogP contribution in [0, 0.1) is 0 Å². The molecular formula is H19Na4O20P5. The van der Waals surface area contributed by atoms with Crippen molar-refractivity contribution in [2.24, 2.45) is 0 Å². The molecule has 0 fully saturated rings. The molecule has 0 aliphatic carbocycles. The molecule has 0 aromatic carbocycles. The third kappa shape index (κ3) is 1470. The van der Waals surface area contributed by atoms with Gasteiger partial charge in [0, 0.05) is 0 Å². The third-order valence-electron chi connectivity index (χ3n) is 0. The third-order valence-corrected chi connectivity index (χ3v) is 0. The number of hydrogen-bond donors (Lipinski definition) is 15. The minimum absolute atomic E-state index is 0. The Morgan fingerprint density at radius 2 is 0.241 bits per heavy atom. The molecule has 0 heterocycles. The minimum atomic E-state index is -4.64. The molecule has 0 saturated carbocycles. The van der Waals surface area contributed by atoms with Crippen molar-refractivity contribution >= 4 is 157 Å². The first kappa shape index (κ1) is 59.0. The van der Waals surface area contributed by atoms with E-state index in [9.17, 15) is 0 Å². The van der Waals surface area contributed by atoms with Gasteiger partial charge in [0.2, 0.25) is 0 Å². The maximum absolute atomic E-state index is 8.88. The zero-order chi connectivity index (χ0) is 22.5. The molecular weight excluding hydrogens is 567 g/mol. The monoisotopic (exact) mass is 586 g/mol. The molecule has 0 aliphatic rings. The molecule has 0 rings (SSSR count). The summed E-state index contributed by atoms with van der Waals surface area (Å²) >= 11 is 0. The molecule has 20 nitrogen and oxygen atoms in total. The average Bonchev–Trinajstić information content (AvgIpc) is 1.79. The fraction of sp³-hybridized carbons (Fsp3) is 0. The molecule has 0 radical (unpaired) electrons. The summed E-state index contributed by atoms with van der Waals surface area (Å²) in [6.45, 7) is 0. The Bertz CT molecular complexity index is 382. The molecule has 0 bridgehead atoms. The Morgan fingerprint density at radius 1 is 0.241 bits per heavy atom. The fourth-order valence-electron chi connectivity index (χ4n) is 0. The van der Waals surface area contributed by atoms with E-state index in [4.69, 9.17) is 96.2 Å². The van der Waals surface area contributed by atoms with Gasteiger partial charge in [-0.3, -0.25) is 0 Å². The standard InChI is InChI=1S/4Na.5H3O4P.4H/c;;;;5*1-5(2,3)4;;;;/h;;;;5*(H3,1,2,3,4);;;;. The molecule has 29 heavy (non-hydrogen) atoms. The van der Waals surface area contributed by atoms with E-state index >= 15 is 0 Å². The number of rotatable bonds is 0. The van der Waals surface area contributed by atoms with E-state index in [1.54, 1.807) is 0 Å². The second-order valence-corrected chi connectivity index (χ2v) is 7.70. The van der Waals surface area contributed by atoms with E-state index in [1.165, 1.54) is 0 Å². The van der Waals surface area contributed by atoms with Crippen LogP contribution in [0.25, 0.3) is 0 Å². The van der Waals surface area contributed by atoms with E-state index in [1.807, 2.05) is 0 Å². The first-order valence-corrected chi connectivity index (χ1v) is 11.7. The molecule has 0 unspecified atom stereocenters. The second-order valence-electron chi connectivity index (χ2n) is 2.57. The maximum atomic E-state index is 8.88. The molecule has 15 N–H and O–H groups in total. The Kier molecular flexibility index (Phi) is 55.2. The van der Waals surface area contributed by atoms with Gasteiger partial charge in [0.25, 0.3) is 0 Å². The quantitative estimate of drug-likeness (QED) is 0.0925. The van der Waals surface area contributed by atoms with Gasteiger partial charge in [0.05, 0.1) is 0 Å². The zero-order valence-electron chi connectivity index (χ0n) is 11.0. The summed E-state index contributed by atoms with van der Waals surface area (Å²) in [5, 5.41) is 0. The van der Waals surface area contributed by atoms with Crippen LogP contribution in [0.5, 0.6) is 0 Å². The van der Waals surface area contributed by atoms with E-state index in [-0.39, 0.29) is 118 Å². The van der Waals surface area contributed by atoms with Crippen LogP contribution in [0.2, 0.25) is 0 Å². The molecule has 0 amide bonds. The Labute approximate surface area is 250 Å². The van der Waals surface area contributed by atoms with Crippen molar-refractivity contribution in [3.63, 3.8) is 0 Å². The van der Waals surface area contributed by atoms with Crippen LogP contribution in [0.1, 0.15) is 0 Å². The van der Waals surface area contributed by atoms with Gasteiger partial charge >= 0.3 is 157 Å². The summed E-state index contributed by atoms with van der Waals surface area (Å²) in [7, 11) is -23.2. The van der Waals surface area contributed by atoms with Gasteiger partial charge in [0.1, 0.15) is 0 Å². The first-order chi connectivity index (χ1) is 10.0. The molecule has 0 aliphatic heterocycles. The molecule has 0 atom stereocenters. The second kappa shape index (κ2) is 27.1. The van der Waals surface area contributed by atoms with E-state index in [2.05, 4.69) is 0 Å². The van der Waals surface area contributed by atoms with Crippen LogP contribution >= 0.6 is 39.1 Å². The van der Waals surface area contributed by atoms with Crippen LogP contribution in [-0.4, -0.2) is 192 Å². The topological polar surface area (TPSA) is 389 Å². The van der Waals surface area contributed by atoms with Crippen molar-refractivity contribution in [1.82, 2.24) is 0 Å². The summed E-state index contributed by atoms with van der Waals surface area (Å²) in [5.74, 6) is 0. The van der Waals surface area contributed by atoms with Gasteiger partial charge in [-0.1, -0.05) is 0 Å². The predicted octanol–water partition coefficient (Wildman–Crippen LogP) is -7.24. The van der Waals surface area contributed by atoms with E-state index in [0.717, 1.165) is 0 Å². The summed E-state index contributed by atoms with van der Waals surface area (Å²) < 4.78 is 44.4. The van der Waals surface area contributed by atoms with Gasteiger partial charge in [-0.05, 0) is 0 Å². The number of phosphoric acid groups is 5. The summed E-state index contributed by atoms with van der Waals surface area (Å²) in [6, 6.07) is 0. The van der Waals surface area contributed by atoms with Crippen molar-refractivity contribution in [1.29, 1.82) is 0 Å². The normalized spacial score (nSPS) is 10.2. The molecule has 29 heteroatoms.